The lowest BCUT2D eigenvalue weighted by molar-refractivity contribution is -0.00768. The smallest absolute Gasteiger partial charge is 0.219 e. The predicted molar refractivity (Wildman–Crippen MR) is 68.5 cm³/mol. The number of nitrogens with zero attached hydrogens (tertiary/aromatic N) is 2. The van der Waals surface area contributed by atoms with Crippen molar-refractivity contribution in [2.75, 3.05) is 5.43 Å². The van der Waals surface area contributed by atoms with Gasteiger partial charge in [0, 0.05) is 0 Å². The number of hydrogen-bond acceptors (Lipinski definition) is 6. The molecule has 1 aliphatic rings. The molecule has 96 valence electrons. The molecule has 1 fully saturated rings. The fourth-order valence-corrected chi connectivity index (χ4v) is 2.78. The van der Waals surface area contributed by atoms with Crippen LogP contribution in [0, 0.1) is 11.8 Å². The first kappa shape index (κ1) is 12.7. The SMILES string of the molecule is CC1CCC(OCc2nnc(NN)s2)CC1C. The molecule has 0 aliphatic heterocycles. The van der Waals surface area contributed by atoms with Crippen molar-refractivity contribution in [3.8, 4) is 0 Å². The standard InChI is InChI=1S/C11H20N4OS/c1-7-3-4-9(5-8(7)2)16-6-10-14-15-11(13-12)17-10/h7-9H,3-6,12H2,1-2H3,(H,13,15). The molecule has 1 aliphatic carbocycles. The number of hydrogen-bond donors (Lipinski definition) is 2. The Labute approximate surface area is 106 Å². The Kier molecular flexibility index (Phi) is 4.31. The van der Waals surface area contributed by atoms with Crippen LogP contribution in [0.2, 0.25) is 0 Å². The zero-order valence-electron chi connectivity index (χ0n) is 10.3. The fraction of sp³-hybridized carbons (Fsp3) is 0.818. The quantitative estimate of drug-likeness (QED) is 0.638. The van der Waals surface area contributed by atoms with Crippen LogP contribution in [0.5, 0.6) is 0 Å². The lowest BCUT2D eigenvalue weighted by Gasteiger charge is -2.31. The summed E-state index contributed by atoms with van der Waals surface area (Å²) >= 11 is 1.44. The van der Waals surface area contributed by atoms with Crippen LogP contribution in [0.3, 0.4) is 0 Å². The molecule has 17 heavy (non-hydrogen) atoms. The maximum absolute atomic E-state index is 5.88. The number of nitrogens with two attached hydrogens (primary N) is 1. The van der Waals surface area contributed by atoms with Crippen molar-refractivity contribution >= 4 is 16.5 Å². The largest absolute Gasteiger partial charge is 0.371 e. The van der Waals surface area contributed by atoms with Crippen LogP contribution in [0.25, 0.3) is 0 Å². The molecule has 0 aromatic carbocycles. The highest BCUT2D eigenvalue weighted by atomic mass is 32.1. The third-order valence-electron chi connectivity index (χ3n) is 3.58. The van der Waals surface area contributed by atoms with Gasteiger partial charge in [-0.3, -0.25) is 5.43 Å². The molecule has 0 bridgehead atoms. The maximum Gasteiger partial charge on any atom is 0.219 e. The van der Waals surface area contributed by atoms with Gasteiger partial charge in [0.1, 0.15) is 11.6 Å². The van der Waals surface area contributed by atoms with E-state index in [9.17, 15) is 0 Å². The number of hydrazine groups is 1. The highest BCUT2D eigenvalue weighted by molar-refractivity contribution is 7.15. The van der Waals surface area contributed by atoms with E-state index in [0.717, 1.165) is 29.7 Å². The first-order chi connectivity index (χ1) is 8.19. The van der Waals surface area contributed by atoms with E-state index in [1.54, 1.807) is 0 Å². The summed E-state index contributed by atoms with van der Waals surface area (Å²) in [5.74, 6) is 6.83. The van der Waals surface area contributed by atoms with Gasteiger partial charge in [0.25, 0.3) is 0 Å². The third kappa shape index (κ3) is 3.37. The summed E-state index contributed by atoms with van der Waals surface area (Å²) in [6.07, 6.45) is 3.95. The first-order valence-electron chi connectivity index (χ1n) is 6.09. The lowest BCUT2D eigenvalue weighted by Crippen LogP contribution is -2.26. The van der Waals surface area contributed by atoms with Gasteiger partial charge in [-0.1, -0.05) is 25.2 Å². The van der Waals surface area contributed by atoms with E-state index in [4.69, 9.17) is 10.6 Å². The van der Waals surface area contributed by atoms with Gasteiger partial charge in [-0.15, -0.1) is 10.2 Å². The molecule has 1 heterocycles. The van der Waals surface area contributed by atoms with E-state index >= 15 is 0 Å². The molecule has 3 N–H and O–H groups in total. The van der Waals surface area contributed by atoms with Crippen LogP contribution < -0.4 is 11.3 Å². The number of nitrogens with one attached hydrogen (secondary N) is 1. The first-order valence-corrected chi connectivity index (χ1v) is 6.91. The van der Waals surface area contributed by atoms with Crippen molar-refractivity contribution in [3.63, 3.8) is 0 Å². The molecule has 0 spiro atoms. The van der Waals surface area contributed by atoms with E-state index < -0.39 is 0 Å². The number of aromatic nitrogens is 2. The molecule has 0 amide bonds. The topological polar surface area (TPSA) is 73.1 Å². The summed E-state index contributed by atoms with van der Waals surface area (Å²) in [7, 11) is 0. The number of rotatable bonds is 4. The molecule has 5 nitrogen and oxygen atoms in total. The van der Waals surface area contributed by atoms with E-state index in [1.807, 2.05) is 0 Å². The Bertz CT molecular complexity index is 357. The molecular formula is C11H20N4OS. The van der Waals surface area contributed by atoms with E-state index in [0.29, 0.717) is 17.8 Å². The van der Waals surface area contributed by atoms with Crippen LogP contribution in [-0.2, 0) is 11.3 Å². The Morgan fingerprint density at radius 1 is 1.35 bits per heavy atom. The summed E-state index contributed by atoms with van der Waals surface area (Å²) in [5, 5.41) is 9.40. The van der Waals surface area contributed by atoms with E-state index in [-0.39, 0.29) is 0 Å². The number of nitrogen functional groups attached to an aromatic ring is 1. The average molecular weight is 256 g/mol. The minimum Gasteiger partial charge on any atom is -0.371 e. The Morgan fingerprint density at radius 2 is 2.18 bits per heavy atom. The zero-order chi connectivity index (χ0) is 12.3. The van der Waals surface area contributed by atoms with Crippen molar-refractivity contribution in [1.29, 1.82) is 0 Å². The second-order valence-corrected chi connectivity index (χ2v) is 5.91. The molecule has 0 saturated heterocycles. The summed E-state index contributed by atoms with van der Waals surface area (Å²) in [5.41, 5.74) is 2.49. The van der Waals surface area contributed by atoms with Crippen LogP contribution in [0.15, 0.2) is 0 Å². The highest BCUT2D eigenvalue weighted by Crippen LogP contribution is 2.31. The third-order valence-corrected chi connectivity index (χ3v) is 4.41. The second-order valence-electron chi connectivity index (χ2n) is 4.85. The van der Waals surface area contributed by atoms with Gasteiger partial charge in [-0.25, -0.2) is 5.84 Å². The van der Waals surface area contributed by atoms with Crippen LogP contribution in [0.1, 0.15) is 38.1 Å². The fourth-order valence-electron chi connectivity index (χ4n) is 2.21. The molecule has 2 rings (SSSR count). The lowest BCUT2D eigenvalue weighted by atomic mass is 9.80. The van der Waals surface area contributed by atoms with E-state index in [2.05, 4.69) is 29.5 Å². The molecule has 3 unspecified atom stereocenters. The van der Waals surface area contributed by atoms with Gasteiger partial charge in [0.15, 0.2) is 0 Å². The van der Waals surface area contributed by atoms with Gasteiger partial charge in [0.2, 0.25) is 5.13 Å². The minimum absolute atomic E-state index is 0.374. The van der Waals surface area contributed by atoms with E-state index in [1.165, 1.54) is 17.8 Å². The molecule has 1 aromatic heterocycles. The molecule has 6 heteroatoms. The molecule has 0 radical (unpaired) electrons. The summed E-state index contributed by atoms with van der Waals surface area (Å²) < 4.78 is 5.88. The average Bonchev–Trinajstić information content (AvgIpc) is 2.79. The molecule has 1 saturated carbocycles. The van der Waals surface area contributed by atoms with Crippen molar-refractivity contribution < 1.29 is 4.74 Å². The monoisotopic (exact) mass is 256 g/mol. The Hall–Kier alpha value is -0.720. The van der Waals surface area contributed by atoms with Crippen molar-refractivity contribution in [3.05, 3.63) is 5.01 Å². The molecule has 3 atom stereocenters. The normalized spacial score (nSPS) is 29.2. The molecule has 1 aromatic rings. The zero-order valence-corrected chi connectivity index (χ0v) is 11.2. The second kappa shape index (κ2) is 5.75. The maximum atomic E-state index is 5.88. The van der Waals surface area contributed by atoms with Gasteiger partial charge in [0.05, 0.1) is 6.10 Å². The Balaban J connectivity index is 1.78. The van der Waals surface area contributed by atoms with Crippen molar-refractivity contribution in [2.24, 2.45) is 17.7 Å². The van der Waals surface area contributed by atoms with Gasteiger partial charge in [-0.2, -0.15) is 0 Å². The van der Waals surface area contributed by atoms with Crippen molar-refractivity contribution in [1.82, 2.24) is 10.2 Å². The summed E-state index contributed by atoms with van der Waals surface area (Å²) in [6.45, 7) is 5.18. The summed E-state index contributed by atoms with van der Waals surface area (Å²) in [4.78, 5) is 0. The van der Waals surface area contributed by atoms with Gasteiger partial charge in [-0.05, 0) is 31.1 Å². The highest BCUT2D eigenvalue weighted by Gasteiger charge is 2.25. The predicted octanol–water partition coefficient (Wildman–Crippen LogP) is 2.17. The van der Waals surface area contributed by atoms with Crippen LogP contribution >= 0.6 is 11.3 Å². The van der Waals surface area contributed by atoms with Crippen LogP contribution in [0.4, 0.5) is 5.13 Å². The van der Waals surface area contributed by atoms with Gasteiger partial charge >= 0.3 is 0 Å². The summed E-state index contributed by atoms with van der Waals surface area (Å²) in [6, 6.07) is 0. The van der Waals surface area contributed by atoms with Crippen molar-refractivity contribution in [2.45, 2.75) is 45.8 Å². The Morgan fingerprint density at radius 3 is 2.82 bits per heavy atom. The number of ether oxygens (including phenoxy) is 1. The minimum atomic E-state index is 0.374. The van der Waals surface area contributed by atoms with Gasteiger partial charge < -0.3 is 4.74 Å². The van der Waals surface area contributed by atoms with Crippen LogP contribution in [-0.4, -0.2) is 16.3 Å². The molecular weight excluding hydrogens is 236 g/mol. The number of anilines is 1.